The number of imide groups is 1. The number of nitrogens with zero attached hydrogens (tertiary/aromatic N) is 1. The number of thioether (sulfide) groups is 1. The van der Waals surface area contributed by atoms with Gasteiger partial charge in [0.05, 0.1) is 177 Å². The Balaban J connectivity index is 0.881. The Bertz CT molecular complexity index is 1250. The largest absolute Gasteiger partial charge is 0.378 e. The molecule has 23 heteroatoms. The van der Waals surface area contributed by atoms with E-state index in [9.17, 15) is 24.0 Å². The second-order valence-electron chi connectivity index (χ2n) is 14.4. The fourth-order valence-electron chi connectivity index (χ4n) is 6.11. The van der Waals surface area contributed by atoms with Crippen molar-refractivity contribution in [3.8, 4) is 0 Å². The van der Waals surface area contributed by atoms with E-state index < -0.39 is 17.8 Å². The molecule has 0 aromatic carbocycles. The first-order valence-electron chi connectivity index (χ1n) is 22.4. The first-order valence-corrected chi connectivity index (χ1v) is 23.4. The smallest absolute Gasteiger partial charge is 0.335 e. The standard InChI is InChI=1S/C41H72N4O18S/c46-36(4-2-1-3-35-40-34(33-64-35)43-41(50)44-40)42-8-10-52-12-14-54-16-18-56-20-22-58-24-26-60-28-30-62-32-31-61-29-27-59-25-23-57-21-19-55-17-15-53-13-11-51-9-7-39(49)63-45-37(47)5-6-38(45)48/h34-35,40H,1-33H2,(H,42,46)(H2,43,44,50)/t34-,35?,40+/m1/s1. The Labute approximate surface area is 380 Å². The first kappa shape index (κ1) is 55.5. The van der Waals surface area contributed by atoms with Crippen molar-refractivity contribution >= 4 is 41.5 Å². The van der Waals surface area contributed by atoms with Crippen LogP contribution in [0.3, 0.4) is 0 Å². The van der Waals surface area contributed by atoms with E-state index in [4.69, 9.17) is 61.7 Å². The van der Waals surface area contributed by atoms with E-state index in [2.05, 4.69) is 16.0 Å². The molecule has 5 amide bonds. The van der Waals surface area contributed by atoms with Gasteiger partial charge in [0, 0.05) is 36.8 Å². The molecule has 3 atom stereocenters. The van der Waals surface area contributed by atoms with Crippen LogP contribution in [-0.4, -0.2) is 223 Å². The molecular weight excluding hydrogens is 869 g/mol. The average molecular weight is 941 g/mol. The molecule has 22 nitrogen and oxygen atoms in total. The number of nitrogens with one attached hydrogen (secondary N) is 3. The minimum atomic E-state index is -0.704. The molecule has 3 rings (SSSR count). The van der Waals surface area contributed by atoms with Crippen LogP contribution < -0.4 is 16.0 Å². The number of amides is 5. The van der Waals surface area contributed by atoms with Crippen LogP contribution in [0.15, 0.2) is 0 Å². The van der Waals surface area contributed by atoms with Crippen LogP contribution in [0.4, 0.5) is 4.79 Å². The van der Waals surface area contributed by atoms with E-state index in [1.54, 1.807) is 0 Å². The molecule has 3 N–H and O–H groups in total. The van der Waals surface area contributed by atoms with Crippen molar-refractivity contribution in [3.05, 3.63) is 0 Å². The number of hydrogen-bond donors (Lipinski definition) is 3. The zero-order valence-corrected chi connectivity index (χ0v) is 38.1. The van der Waals surface area contributed by atoms with Gasteiger partial charge in [-0.2, -0.15) is 11.8 Å². The predicted molar refractivity (Wildman–Crippen MR) is 229 cm³/mol. The number of carbonyl (C=O) groups is 5. The van der Waals surface area contributed by atoms with Gasteiger partial charge >= 0.3 is 12.0 Å². The van der Waals surface area contributed by atoms with Gasteiger partial charge in [0.15, 0.2) is 0 Å². The van der Waals surface area contributed by atoms with Crippen molar-refractivity contribution in [1.29, 1.82) is 0 Å². The molecule has 3 aliphatic rings. The Morgan fingerprint density at radius 1 is 0.516 bits per heavy atom. The minimum absolute atomic E-state index is 0.0345. The molecule has 0 saturated carbocycles. The van der Waals surface area contributed by atoms with E-state index in [1.807, 2.05) is 11.8 Å². The zero-order valence-electron chi connectivity index (χ0n) is 37.3. The molecule has 3 aliphatic heterocycles. The van der Waals surface area contributed by atoms with Gasteiger partial charge in [-0.1, -0.05) is 6.42 Å². The van der Waals surface area contributed by atoms with E-state index in [1.165, 1.54) is 0 Å². The molecule has 3 heterocycles. The lowest BCUT2D eigenvalue weighted by molar-refractivity contribution is -0.198. The molecule has 64 heavy (non-hydrogen) atoms. The summed E-state index contributed by atoms with van der Waals surface area (Å²) >= 11 is 1.90. The summed E-state index contributed by atoms with van der Waals surface area (Å²) in [5, 5.41) is 9.78. The van der Waals surface area contributed by atoms with Crippen LogP contribution in [0.1, 0.15) is 44.9 Å². The van der Waals surface area contributed by atoms with Gasteiger partial charge in [-0.3, -0.25) is 14.4 Å². The van der Waals surface area contributed by atoms with Gasteiger partial charge < -0.3 is 77.6 Å². The van der Waals surface area contributed by atoms with Crippen LogP contribution in [0, 0.1) is 0 Å². The van der Waals surface area contributed by atoms with Crippen molar-refractivity contribution in [3.63, 3.8) is 0 Å². The predicted octanol–water partition coefficient (Wildman–Crippen LogP) is 0.0249. The molecule has 0 radical (unpaired) electrons. The molecule has 0 aromatic rings. The molecule has 3 saturated heterocycles. The molecule has 0 aliphatic carbocycles. The van der Waals surface area contributed by atoms with Gasteiger partial charge in [0.1, 0.15) is 0 Å². The number of fused-ring (bicyclic) bond motifs is 1. The third-order valence-corrected chi connectivity index (χ3v) is 10.9. The normalized spacial score (nSPS) is 18.2. The van der Waals surface area contributed by atoms with Crippen LogP contribution in [0.25, 0.3) is 0 Å². The second kappa shape index (κ2) is 38.3. The molecule has 3 fully saturated rings. The van der Waals surface area contributed by atoms with Crippen molar-refractivity contribution < 1.29 is 85.7 Å². The number of urea groups is 1. The Morgan fingerprint density at radius 2 is 0.906 bits per heavy atom. The summed E-state index contributed by atoms with van der Waals surface area (Å²) in [7, 11) is 0. The highest BCUT2D eigenvalue weighted by atomic mass is 32.2. The van der Waals surface area contributed by atoms with Crippen LogP contribution in [-0.2, 0) is 80.9 Å². The Morgan fingerprint density at radius 3 is 1.33 bits per heavy atom. The fourth-order valence-corrected chi connectivity index (χ4v) is 7.65. The number of carbonyl (C=O) groups excluding carboxylic acids is 5. The van der Waals surface area contributed by atoms with Crippen LogP contribution >= 0.6 is 11.8 Å². The van der Waals surface area contributed by atoms with E-state index in [0.717, 1.165) is 25.0 Å². The monoisotopic (exact) mass is 940 g/mol. The molecular formula is C41H72N4O18S. The quantitative estimate of drug-likeness (QED) is 0.0414. The van der Waals surface area contributed by atoms with Crippen LogP contribution in [0.2, 0.25) is 0 Å². The summed E-state index contributed by atoms with van der Waals surface area (Å²) in [6.45, 7) is 10.7. The number of hydroxylamine groups is 2. The minimum Gasteiger partial charge on any atom is -0.378 e. The van der Waals surface area contributed by atoms with Gasteiger partial charge in [0.25, 0.3) is 11.8 Å². The summed E-state index contributed by atoms with van der Waals surface area (Å²) in [5.41, 5.74) is 0. The topological polar surface area (TPSA) is 245 Å². The van der Waals surface area contributed by atoms with Gasteiger partial charge in [-0.25, -0.2) is 9.59 Å². The number of hydrogen-bond acceptors (Lipinski definition) is 19. The summed E-state index contributed by atoms with van der Waals surface area (Å²) in [4.78, 5) is 62.8. The summed E-state index contributed by atoms with van der Waals surface area (Å²) < 4.78 is 65.5. The van der Waals surface area contributed by atoms with Crippen LogP contribution in [0.5, 0.6) is 0 Å². The number of ether oxygens (including phenoxy) is 12. The number of rotatable bonds is 45. The highest BCUT2D eigenvalue weighted by molar-refractivity contribution is 8.00. The van der Waals surface area contributed by atoms with Gasteiger partial charge in [-0.05, 0) is 12.8 Å². The Hall–Kier alpha value is -2.78. The first-order chi connectivity index (χ1) is 31.4. The van der Waals surface area contributed by atoms with Crippen molar-refractivity contribution in [2.24, 2.45) is 0 Å². The van der Waals surface area contributed by atoms with Gasteiger partial charge in [-0.15, -0.1) is 5.06 Å². The van der Waals surface area contributed by atoms with Gasteiger partial charge in [0.2, 0.25) is 5.91 Å². The second-order valence-corrected chi connectivity index (χ2v) is 15.6. The van der Waals surface area contributed by atoms with Crippen molar-refractivity contribution in [2.45, 2.75) is 62.3 Å². The van der Waals surface area contributed by atoms with E-state index in [0.29, 0.717) is 169 Å². The molecule has 0 spiro atoms. The molecule has 370 valence electrons. The lowest BCUT2D eigenvalue weighted by Crippen LogP contribution is -2.36. The Kier molecular flexibility index (Phi) is 33.3. The molecule has 1 unspecified atom stereocenters. The summed E-state index contributed by atoms with van der Waals surface area (Å²) in [5.74, 6) is -0.746. The van der Waals surface area contributed by atoms with Crippen molar-refractivity contribution in [1.82, 2.24) is 21.0 Å². The lowest BCUT2D eigenvalue weighted by Gasteiger charge is -2.16. The SMILES string of the molecule is O=C(CCCCC1SC[C@H]2NC(=O)N[C@H]12)NCCOCCOCCOCCOCCOCCOCCOCCOCCOCCOCCOCCOCCC(=O)ON1C(=O)CCC1=O. The molecule has 0 bridgehead atoms. The fraction of sp³-hybridized carbons (Fsp3) is 0.878. The third kappa shape index (κ3) is 28.3. The lowest BCUT2D eigenvalue weighted by atomic mass is 10.0. The van der Waals surface area contributed by atoms with E-state index >= 15 is 0 Å². The number of unbranched alkanes of at least 4 members (excludes halogenated alkanes) is 1. The van der Waals surface area contributed by atoms with E-state index in [-0.39, 0.29) is 56.5 Å². The average Bonchev–Trinajstić information content (AvgIpc) is 3.95. The maximum Gasteiger partial charge on any atom is 0.335 e. The van der Waals surface area contributed by atoms with Crippen molar-refractivity contribution in [2.75, 3.05) is 171 Å². The maximum absolute atomic E-state index is 12.1. The summed E-state index contributed by atoms with van der Waals surface area (Å²) in [6, 6.07) is 0.384. The zero-order chi connectivity index (χ0) is 45.6. The maximum atomic E-state index is 12.1. The summed E-state index contributed by atoms with van der Waals surface area (Å²) in [6.07, 6.45) is 3.33. The highest BCUT2D eigenvalue weighted by Crippen LogP contribution is 2.33. The third-order valence-electron chi connectivity index (χ3n) is 9.39. The highest BCUT2D eigenvalue weighted by Gasteiger charge is 2.42. The molecule has 0 aromatic heterocycles.